The van der Waals surface area contributed by atoms with Gasteiger partial charge in [-0.3, -0.25) is 4.68 Å². The van der Waals surface area contributed by atoms with Crippen molar-refractivity contribution in [1.29, 1.82) is 0 Å². The largest absolute Gasteiger partial charge is 0.486 e. The molecule has 0 aliphatic carbocycles. The monoisotopic (exact) mass is 251 g/mol. The summed E-state index contributed by atoms with van der Waals surface area (Å²) in [6, 6.07) is 7.56. The van der Waals surface area contributed by atoms with Crippen molar-refractivity contribution in [3.63, 3.8) is 0 Å². The van der Waals surface area contributed by atoms with Crippen LogP contribution in [0.2, 0.25) is 5.02 Å². The Morgan fingerprint density at radius 3 is 2.76 bits per heavy atom. The van der Waals surface area contributed by atoms with Crippen LogP contribution >= 0.6 is 11.6 Å². The molecule has 5 heteroatoms. The Morgan fingerprint density at radius 2 is 2.06 bits per heavy atom. The molecule has 1 heterocycles. The summed E-state index contributed by atoms with van der Waals surface area (Å²) in [4.78, 5) is 0. The molecule has 17 heavy (non-hydrogen) atoms. The fourth-order valence-corrected chi connectivity index (χ4v) is 1.55. The lowest BCUT2D eigenvalue weighted by atomic mass is 10.2. The molecular weight excluding hydrogens is 238 g/mol. The molecule has 90 valence electrons. The SMILES string of the molecule is NCCn1cc(OCc2ccc(Cl)cc2)cn1. The summed E-state index contributed by atoms with van der Waals surface area (Å²) in [6.07, 6.45) is 3.52. The van der Waals surface area contributed by atoms with Crippen LogP contribution in [-0.2, 0) is 13.2 Å². The minimum atomic E-state index is 0.505. The van der Waals surface area contributed by atoms with E-state index >= 15 is 0 Å². The maximum absolute atomic E-state index is 5.80. The first-order chi connectivity index (χ1) is 8.28. The van der Waals surface area contributed by atoms with Gasteiger partial charge in [0, 0.05) is 11.6 Å². The Kier molecular flexibility index (Phi) is 4.01. The molecule has 0 aliphatic rings. The van der Waals surface area contributed by atoms with Crippen LogP contribution in [0.3, 0.4) is 0 Å². The Hall–Kier alpha value is -1.52. The molecule has 0 fully saturated rings. The number of hydrogen-bond acceptors (Lipinski definition) is 3. The molecule has 0 saturated heterocycles. The van der Waals surface area contributed by atoms with Gasteiger partial charge < -0.3 is 10.5 Å². The Morgan fingerprint density at radius 1 is 1.29 bits per heavy atom. The quantitative estimate of drug-likeness (QED) is 0.885. The Balaban J connectivity index is 1.90. The molecule has 2 aromatic rings. The van der Waals surface area contributed by atoms with Crippen molar-refractivity contribution < 1.29 is 4.74 Å². The van der Waals surface area contributed by atoms with E-state index in [-0.39, 0.29) is 0 Å². The molecule has 4 nitrogen and oxygen atoms in total. The highest BCUT2D eigenvalue weighted by Crippen LogP contribution is 2.13. The summed E-state index contributed by atoms with van der Waals surface area (Å²) in [6.45, 7) is 1.77. The lowest BCUT2D eigenvalue weighted by Crippen LogP contribution is -2.09. The van der Waals surface area contributed by atoms with Gasteiger partial charge in [0.1, 0.15) is 6.61 Å². The zero-order valence-corrected chi connectivity index (χ0v) is 10.1. The van der Waals surface area contributed by atoms with E-state index in [4.69, 9.17) is 22.1 Å². The van der Waals surface area contributed by atoms with E-state index < -0.39 is 0 Å². The van der Waals surface area contributed by atoms with Crippen LogP contribution in [0, 0.1) is 0 Å². The molecule has 0 bridgehead atoms. The molecule has 0 radical (unpaired) electrons. The Bertz CT molecular complexity index is 467. The highest BCUT2D eigenvalue weighted by atomic mass is 35.5. The first-order valence-electron chi connectivity index (χ1n) is 5.37. The summed E-state index contributed by atoms with van der Waals surface area (Å²) >= 11 is 5.80. The molecule has 2 rings (SSSR count). The third-order valence-electron chi connectivity index (χ3n) is 2.29. The average Bonchev–Trinajstić information content (AvgIpc) is 2.77. The number of nitrogens with two attached hydrogens (primary N) is 1. The van der Waals surface area contributed by atoms with E-state index in [0.29, 0.717) is 19.7 Å². The Labute approximate surface area is 105 Å². The second-order valence-corrected chi connectivity index (χ2v) is 4.08. The zero-order chi connectivity index (χ0) is 12.1. The van der Waals surface area contributed by atoms with Crippen LogP contribution in [0.4, 0.5) is 0 Å². The zero-order valence-electron chi connectivity index (χ0n) is 9.34. The minimum Gasteiger partial charge on any atom is -0.486 e. The third kappa shape index (κ3) is 3.47. The minimum absolute atomic E-state index is 0.505. The second kappa shape index (κ2) is 5.70. The molecule has 0 spiro atoms. The van der Waals surface area contributed by atoms with Crippen LogP contribution in [0.15, 0.2) is 36.7 Å². The van der Waals surface area contributed by atoms with Crippen LogP contribution in [0.1, 0.15) is 5.56 Å². The number of hydrogen-bond donors (Lipinski definition) is 1. The number of halogens is 1. The van der Waals surface area contributed by atoms with E-state index in [2.05, 4.69) is 5.10 Å². The van der Waals surface area contributed by atoms with Gasteiger partial charge in [0.05, 0.1) is 18.9 Å². The van der Waals surface area contributed by atoms with E-state index in [0.717, 1.165) is 16.3 Å². The predicted molar refractivity (Wildman–Crippen MR) is 67.1 cm³/mol. The highest BCUT2D eigenvalue weighted by Gasteiger charge is 1.99. The maximum atomic E-state index is 5.80. The molecule has 2 N–H and O–H groups in total. The first-order valence-corrected chi connectivity index (χ1v) is 5.75. The van der Waals surface area contributed by atoms with Crippen LogP contribution in [-0.4, -0.2) is 16.3 Å². The fourth-order valence-electron chi connectivity index (χ4n) is 1.42. The number of nitrogens with zero attached hydrogens (tertiary/aromatic N) is 2. The fraction of sp³-hybridized carbons (Fsp3) is 0.250. The van der Waals surface area contributed by atoms with Gasteiger partial charge >= 0.3 is 0 Å². The topological polar surface area (TPSA) is 53.1 Å². The van der Waals surface area contributed by atoms with Gasteiger partial charge in [0.25, 0.3) is 0 Å². The molecule has 1 aromatic carbocycles. The third-order valence-corrected chi connectivity index (χ3v) is 2.54. The molecule has 0 atom stereocenters. The van der Waals surface area contributed by atoms with Gasteiger partial charge in [-0.1, -0.05) is 23.7 Å². The number of ether oxygens (including phenoxy) is 1. The van der Waals surface area contributed by atoms with Gasteiger partial charge in [-0.05, 0) is 17.7 Å². The molecule has 0 unspecified atom stereocenters. The summed E-state index contributed by atoms with van der Waals surface area (Å²) in [5.41, 5.74) is 6.51. The lowest BCUT2D eigenvalue weighted by molar-refractivity contribution is 0.306. The normalized spacial score (nSPS) is 10.5. The average molecular weight is 252 g/mol. The van der Waals surface area contributed by atoms with E-state index in [1.54, 1.807) is 10.9 Å². The number of rotatable bonds is 5. The number of benzene rings is 1. The van der Waals surface area contributed by atoms with Gasteiger partial charge in [-0.25, -0.2) is 0 Å². The van der Waals surface area contributed by atoms with Crippen molar-refractivity contribution in [1.82, 2.24) is 9.78 Å². The highest BCUT2D eigenvalue weighted by molar-refractivity contribution is 6.30. The van der Waals surface area contributed by atoms with E-state index in [1.165, 1.54) is 0 Å². The van der Waals surface area contributed by atoms with Gasteiger partial charge in [0.15, 0.2) is 5.75 Å². The lowest BCUT2D eigenvalue weighted by Gasteiger charge is -2.03. The summed E-state index contributed by atoms with van der Waals surface area (Å²) in [5.74, 6) is 0.744. The maximum Gasteiger partial charge on any atom is 0.157 e. The van der Waals surface area contributed by atoms with Gasteiger partial charge in [-0.15, -0.1) is 0 Å². The second-order valence-electron chi connectivity index (χ2n) is 3.64. The molecule has 0 aliphatic heterocycles. The molecule has 1 aromatic heterocycles. The summed E-state index contributed by atoms with van der Waals surface area (Å²) in [7, 11) is 0. The molecule has 0 amide bonds. The first kappa shape index (κ1) is 12.0. The van der Waals surface area contributed by atoms with Crippen molar-refractivity contribution in [2.24, 2.45) is 5.73 Å². The van der Waals surface area contributed by atoms with Crippen LogP contribution in [0.25, 0.3) is 0 Å². The van der Waals surface area contributed by atoms with Crippen LogP contribution < -0.4 is 10.5 Å². The van der Waals surface area contributed by atoms with Gasteiger partial charge in [-0.2, -0.15) is 5.10 Å². The molecular formula is C12H14ClN3O. The van der Waals surface area contributed by atoms with Crippen molar-refractivity contribution in [3.8, 4) is 5.75 Å². The van der Waals surface area contributed by atoms with Crippen molar-refractivity contribution >= 4 is 11.6 Å². The van der Waals surface area contributed by atoms with Crippen LogP contribution in [0.5, 0.6) is 5.75 Å². The van der Waals surface area contributed by atoms with Gasteiger partial charge in [0.2, 0.25) is 0 Å². The van der Waals surface area contributed by atoms with Crippen molar-refractivity contribution in [3.05, 3.63) is 47.2 Å². The summed E-state index contributed by atoms with van der Waals surface area (Å²) < 4.78 is 7.35. The number of aromatic nitrogens is 2. The van der Waals surface area contributed by atoms with E-state index in [1.807, 2.05) is 30.5 Å². The standard InChI is InChI=1S/C12H14ClN3O/c13-11-3-1-10(2-4-11)9-17-12-7-15-16(8-12)6-5-14/h1-4,7-8H,5-6,9,14H2. The predicted octanol–water partition coefficient (Wildman–Crippen LogP) is 2.07. The van der Waals surface area contributed by atoms with Crippen molar-refractivity contribution in [2.75, 3.05) is 6.54 Å². The smallest absolute Gasteiger partial charge is 0.157 e. The van der Waals surface area contributed by atoms with Crippen molar-refractivity contribution in [2.45, 2.75) is 13.2 Å². The van der Waals surface area contributed by atoms with E-state index in [9.17, 15) is 0 Å². The molecule has 0 saturated carbocycles. The summed E-state index contributed by atoms with van der Waals surface area (Å²) in [5, 5.41) is 4.85.